The monoisotopic (exact) mass is 564 g/mol. The zero-order valence-electron chi connectivity index (χ0n) is 21.2. The van der Waals surface area contributed by atoms with Crippen LogP contribution < -0.4 is 25.7 Å². The van der Waals surface area contributed by atoms with Gasteiger partial charge < -0.3 is 24.8 Å². The van der Waals surface area contributed by atoms with Crippen LogP contribution in [0, 0.1) is 5.82 Å². The molecule has 1 aromatic heterocycles. The second-order valence-electron chi connectivity index (χ2n) is 10.0. The lowest BCUT2D eigenvalue weighted by Gasteiger charge is -2.38. The fourth-order valence-corrected chi connectivity index (χ4v) is 5.71. The number of fused-ring (bicyclic) bond motifs is 1. The Labute approximate surface area is 228 Å². The first-order valence-corrected chi connectivity index (χ1v) is 13.2. The lowest BCUT2D eigenvalue weighted by atomic mass is 10.1. The van der Waals surface area contributed by atoms with Gasteiger partial charge in [0.2, 0.25) is 5.43 Å². The Morgan fingerprint density at radius 3 is 2.50 bits per heavy atom. The van der Waals surface area contributed by atoms with E-state index in [0.29, 0.717) is 28.7 Å². The molecule has 1 saturated carbocycles. The second-order valence-corrected chi connectivity index (χ2v) is 10.9. The summed E-state index contributed by atoms with van der Waals surface area (Å²) in [5.41, 5.74) is 0.209. The third kappa shape index (κ3) is 4.95. The summed E-state index contributed by atoms with van der Waals surface area (Å²) >= 11 is 12.1. The highest BCUT2D eigenvalue weighted by Crippen LogP contribution is 2.45. The minimum Gasteiger partial charge on any atom is -0.492 e. The highest BCUT2D eigenvalue weighted by molar-refractivity contribution is 6.35. The summed E-state index contributed by atoms with van der Waals surface area (Å²) in [6.45, 7) is 5.10. The van der Waals surface area contributed by atoms with Crippen molar-refractivity contribution in [3.8, 4) is 5.75 Å². The molecule has 0 radical (unpaired) electrons. The Hall–Kier alpha value is -2.88. The summed E-state index contributed by atoms with van der Waals surface area (Å²) in [4.78, 5) is 28.5. The number of aromatic nitrogens is 1. The molecule has 38 heavy (non-hydrogen) atoms. The molecular weight excluding hydrogens is 537 g/mol. The number of carbonyl (C=O) groups is 1. The minimum atomic E-state index is -1.15. The van der Waals surface area contributed by atoms with E-state index in [1.54, 1.807) is 22.8 Å². The van der Waals surface area contributed by atoms with Crippen molar-refractivity contribution >= 4 is 45.7 Å². The van der Waals surface area contributed by atoms with Crippen molar-refractivity contribution in [3.05, 3.63) is 67.7 Å². The van der Waals surface area contributed by atoms with E-state index in [1.165, 1.54) is 13.3 Å². The first kappa shape index (κ1) is 26.7. The number of anilines is 1. The van der Waals surface area contributed by atoms with Crippen molar-refractivity contribution in [1.29, 1.82) is 0 Å². The third-order valence-electron chi connectivity index (χ3n) is 7.01. The third-order valence-corrected chi connectivity index (χ3v) is 7.60. The second kappa shape index (κ2) is 10.4. The normalized spacial score (nSPS) is 23.0. The molecule has 7 nitrogen and oxygen atoms in total. The highest BCUT2D eigenvalue weighted by atomic mass is 35.5. The van der Waals surface area contributed by atoms with Gasteiger partial charge in [-0.25, -0.2) is 8.78 Å². The van der Waals surface area contributed by atoms with Gasteiger partial charge in [0.15, 0.2) is 11.6 Å². The van der Waals surface area contributed by atoms with Crippen LogP contribution in [0.15, 0.2) is 35.3 Å². The molecule has 2 fully saturated rings. The van der Waals surface area contributed by atoms with E-state index in [9.17, 15) is 14.0 Å². The summed E-state index contributed by atoms with van der Waals surface area (Å²) in [6, 6.07) is 5.59. The van der Waals surface area contributed by atoms with Crippen LogP contribution in [-0.2, 0) is 6.54 Å². The minimum absolute atomic E-state index is 0.0391. The van der Waals surface area contributed by atoms with Gasteiger partial charge in [-0.3, -0.25) is 9.59 Å². The van der Waals surface area contributed by atoms with Gasteiger partial charge in [0, 0.05) is 54.4 Å². The van der Waals surface area contributed by atoms with Crippen molar-refractivity contribution in [1.82, 2.24) is 15.2 Å². The Morgan fingerprint density at radius 2 is 1.89 bits per heavy atom. The summed E-state index contributed by atoms with van der Waals surface area (Å²) in [5, 5.41) is 6.86. The number of rotatable bonds is 6. The predicted molar refractivity (Wildman–Crippen MR) is 145 cm³/mol. The van der Waals surface area contributed by atoms with Crippen LogP contribution in [0.5, 0.6) is 5.75 Å². The first-order valence-electron chi connectivity index (χ1n) is 12.4. The molecule has 4 atom stereocenters. The van der Waals surface area contributed by atoms with Crippen molar-refractivity contribution in [2.24, 2.45) is 0 Å². The molecule has 2 N–H and O–H groups in total. The molecule has 0 spiro atoms. The average molecular weight is 565 g/mol. The van der Waals surface area contributed by atoms with Gasteiger partial charge in [-0.2, -0.15) is 0 Å². The lowest BCUT2D eigenvalue weighted by Crippen LogP contribution is -2.54. The number of methoxy groups -OCH3 is 1. The molecule has 1 amide bonds. The average Bonchev–Trinajstić information content (AvgIpc) is 3.58. The molecule has 1 aliphatic heterocycles. The quantitative estimate of drug-likeness (QED) is 0.447. The van der Waals surface area contributed by atoms with Crippen LogP contribution >= 0.6 is 23.2 Å². The fraction of sp³-hybridized carbons (Fsp3) is 0.407. The van der Waals surface area contributed by atoms with E-state index in [1.807, 2.05) is 18.7 Å². The van der Waals surface area contributed by atoms with Gasteiger partial charge in [0.25, 0.3) is 5.91 Å². The molecule has 2 aliphatic rings. The molecule has 0 unspecified atom stereocenters. The van der Waals surface area contributed by atoms with Gasteiger partial charge in [0.05, 0.1) is 24.1 Å². The number of alkyl halides is 1. The number of benzene rings is 2. The van der Waals surface area contributed by atoms with Crippen LogP contribution in [0.4, 0.5) is 14.5 Å². The molecular formula is C27H28Cl2F2N4O3. The Kier molecular flexibility index (Phi) is 7.28. The van der Waals surface area contributed by atoms with Gasteiger partial charge in [0.1, 0.15) is 17.4 Å². The lowest BCUT2D eigenvalue weighted by molar-refractivity contribution is 0.0949. The van der Waals surface area contributed by atoms with Crippen molar-refractivity contribution in [3.63, 3.8) is 0 Å². The van der Waals surface area contributed by atoms with E-state index >= 15 is 4.39 Å². The molecule has 11 heteroatoms. The Bertz CT molecular complexity index is 1470. The largest absolute Gasteiger partial charge is 0.492 e. The number of nitrogens with zero attached hydrogens (tertiary/aromatic N) is 2. The molecule has 1 aliphatic carbocycles. The van der Waals surface area contributed by atoms with Crippen LogP contribution in [-0.4, -0.2) is 48.9 Å². The number of piperazine rings is 1. The smallest absolute Gasteiger partial charge is 0.257 e. The number of halogens is 4. The Morgan fingerprint density at radius 1 is 1.21 bits per heavy atom. The number of hydrogen-bond acceptors (Lipinski definition) is 5. The molecule has 2 heterocycles. The summed E-state index contributed by atoms with van der Waals surface area (Å²) < 4.78 is 37.3. The number of ether oxygens (including phenoxy) is 1. The standard InChI is InChI=1S/C27H28Cl2F2N4O3/c1-13-10-34(11-14(2)33-13)24-21(31)7-17-23(26(24)38-3)35(22-8-20(22)30)12-18(25(17)36)27(37)32-9-15-4-5-16(28)6-19(15)29/h4-7,12-14,20,22,33H,8-11H2,1-3H3,(H,32,37)/t13-,14+,20-,22+/m0/s1. The molecule has 5 rings (SSSR count). The van der Waals surface area contributed by atoms with Crippen LogP contribution in [0.3, 0.4) is 0 Å². The van der Waals surface area contributed by atoms with Gasteiger partial charge in [-0.15, -0.1) is 0 Å². The number of hydrogen-bond donors (Lipinski definition) is 2. The van der Waals surface area contributed by atoms with Crippen LogP contribution in [0.1, 0.15) is 42.2 Å². The van der Waals surface area contributed by atoms with Crippen LogP contribution in [0.25, 0.3) is 10.9 Å². The number of nitrogens with one attached hydrogen (secondary N) is 2. The van der Waals surface area contributed by atoms with E-state index in [0.717, 1.165) is 6.07 Å². The van der Waals surface area contributed by atoms with Crippen LogP contribution in [0.2, 0.25) is 10.0 Å². The molecule has 1 saturated heterocycles. The maximum atomic E-state index is 15.7. The maximum Gasteiger partial charge on any atom is 0.257 e. The highest BCUT2D eigenvalue weighted by Gasteiger charge is 2.41. The molecule has 202 valence electrons. The number of pyridine rings is 1. The van der Waals surface area contributed by atoms with Gasteiger partial charge >= 0.3 is 0 Å². The van der Waals surface area contributed by atoms with E-state index in [2.05, 4.69) is 10.6 Å². The van der Waals surface area contributed by atoms with Crippen molar-refractivity contribution in [2.75, 3.05) is 25.1 Å². The first-order chi connectivity index (χ1) is 18.1. The van der Waals surface area contributed by atoms with E-state index in [4.69, 9.17) is 27.9 Å². The number of amides is 1. The maximum absolute atomic E-state index is 15.7. The summed E-state index contributed by atoms with van der Waals surface area (Å²) in [7, 11) is 1.40. The zero-order chi connectivity index (χ0) is 27.3. The predicted octanol–water partition coefficient (Wildman–Crippen LogP) is 4.86. The molecule has 0 bridgehead atoms. The van der Waals surface area contributed by atoms with Crippen molar-refractivity contribution < 1.29 is 18.3 Å². The van der Waals surface area contributed by atoms with Gasteiger partial charge in [-0.1, -0.05) is 29.3 Å². The van der Waals surface area contributed by atoms with Gasteiger partial charge in [-0.05, 0) is 37.6 Å². The SMILES string of the molecule is COc1c(N2C[C@@H](C)N[C@@H](C)C2)c(F)cc2c(=O)c(C(=O)NCc3ccc(Cl)cc3Cl)cn([C@@H]3C[C@@H]3F)c12. The topological polar surface area (TPSA) is 75.6 Å². The Balaban J connectivity index is 1.60. The summed E-state index contributed by atoms with van der Waals surface area (Å²) in [6.07, 6.45) is 0.416. The fourth-order valence-electron chi connectivity index (χ4n) is 5.24. The zero-order valence-corrected chi connectivity index (χ0v) is 22.7. The number of carbonyl (C=O) groups excluding carboxylic acids is 1. The molecule has 2 aromatic carbocycles. The van der Waals surface area contributed by atoms with Crippen molar-refractivity contribution in [2.45, 2.75) is 51.1 Å². The van der Waals surface area contributed by atoms with E-state index in [-0.39, 0.29) is 53.0 Å². The summed E-state index contributed by atoms with van der Waals surface area (Å²) in [5.74, 6) is -1.17. The molecule has 3 aromatic rings. The van der Waals surface area contributed by atoms with E-state index < -0.39 is 29.4 Å².